The fourth-order valence-corrected chi connectivity index (χ4v) is 3.17. The fourth-order valence-electron chi connectivity index (χ4n) is 2.98. The Morgan fingerprint density at radius 2 is 1.90 bits per heavy atom. The van der Waals surface area contributed by atoms with Crippen molar-refractivity contribution in [1.82, 2.24) is 14.5 Å². The van der Waals surface area contributed by atoms with E-state index in [2.05, 4.69) is 9.97 Å². The van der Waals surface area contributed by atoms with Gasteiger partial charge < -0.3 is 4.74 Å². The molecule has 1 unspecified atom stereocenters. The number of ether oxygens (including phenoxy) is 1. The van der Waals surface area contributed by atoms with Gasteiger partial charge in [-0.2, -0.15) is 0 Å². The molecule has 6 nitrogen and oxygen atoms in total. The van der Waals surface area contributed by atoms with Gasteiger partial charge in [-0.05, 0) is 25.5 Å². The average Bonchev–Trinajstić information content (AvgIpc) is 2.67. The van der Waals surface area contributed by atoms with Gasteiger partial charge in [-0.15, -0.1) is 0 Å². The van der Waals surface area contributed by atoms with E-state index in [-0.39, 0.29) is 27.9 Å². The summed E-state index contributed by atoms with van der Waals surface area (Å²) in [7, 11) is 1.51. The van der Waals surface area contributed by atoms with Gasteiger partial charge in [-0.3, -0.25) is 24.1 Å². The molecule has 0 aromatic carbocycles. The molecule has 0 N–H and O–H groups in total. The highest BCUT2D eigenvalue weighted by Crippen LogP contribution is 2.28. The molecule has 0 bridgehead atoms. The second-order valence-electron chi connectivity index (χ2n) is 6.80. The number of rotatable bonds is 5. The third-order valence-corrected chi connectivity index (χ3v) is 4.85. The molecule has 10 heteroatoms. The van der Waals surface area contributed by atoms with E-state index in [9.17, 15) is 18.4 Å². The van der Waals surface area contributed by atoms with Crippen molar-refractivity contribution in [3.05, 3.63) is 80.2 Å². The predicted octanol–water partition coefficient (Wildman–Crippen LogP) is 3.09. The molecule has 30 heavy (non-hydrogen) atoms. The molecule has 0 aliphatic carbocycles. The second-order valence-corrected chi connectivity index (χ2v) is 7.18. The number of carbonyl (C=O) groups excluding carboxylic acids is 1. The molecule has 0 radical (unpaired) electrons. The van der Waals surface area contributed by atoms with E-state index >= 15 is 0 Å². The van der Waals surface area contributed by atoms with Crippen LogP contribution in [0.3, 0.4) is 0 Å². The van der Waals surface area contributed by atoms with Gasteiger partial charge in [0, 0.05) is 30.9 Å². The summed E-state index contributed by atoms with van der Waals surface area (Å²) >= 11 is 6.26. The van der Waals surface area contributed by atoms with E-state index in [1.807, 2.05) is 0 Å². The molecule has 154 valence electrons. The molecule has 0 amide bonds. The summed E-state index contributed by atoms with van der Waals surface area (Å²) in [5, 5.41) is -0.226. The first kappa shape index (κ1) is 21.6. The molecule has 3 aromatic heterocycles. The van der Waals surface area contributed by atoms with Crippen molar-refractivity contribution in [2.45, 2.75) is 26.8 Å². The number of pyridine rings is 3. The summed E-state index contributed by atoms with van der Waals surface area (Å²) in [4.78, 5) is 32.4. The zero-order valence-corrected chi connectivity index (χ0v) is 17.4. The van der Waals surface area contributed by atoms with E-state index < -0.39 is 23.2 Å². The molecule has 3 aromatic rings. The number of carbonyl (C=O) groups is 1. The van der Waals surface area contributed by atoms with E-state index in [1.54, 1.807) is 13.8 Å². The quantitative estimate of drug-likeness (QED) is 0.458. The van der Waals surface area contributed by atoms with E-state index in [0.29, 0.717) is 23.0 Å². The largest absolute Gasteiger partial charge is 0.492 e. The number of aryl methyl sites for hydroxylation is 2. The number of halogens is 3. The third-order valence-electron chi connectivity index (χ3n) is 4.50. The number of aromatic nitrogens is 3. The Hall–Kier alpha value is -3.07. The van der Waals surface area contributed by atoms with Crippen molar-refractivity contribution >= 4 is 25.2 Å². The van der Waals surface area contributed by atoms with Gasteiger partial charge in [0.05, 0.1) is 11.9 Å². The zero-order valence-electron chi connectivity index (χ0n) is 16.7. The lowest BCUT2D eigenvalue weighted by atomic mass is 9.95. The summed E-state index contributed by atoms with van der Waals surface area (Å²) in [6.45, 7) is 4.80. The SMILES string of the molecule is BC(Oc1cc(C)n(-c2cc(C(C)=O)ncc2C)c(=O)c1Cl)c1ncc(F)cc1F. The normalized spacial score (nSPS) is 11.9. The molecule has 1 atom stereocenters. The summed E-state index contributed by atoms with van der Waals surface area (Å²) in [6, 6.07) is 2.81. The molecule has 0 spiro atoms. The van der Waals surface area contributed by atoms with Crippen LogP contribution in [0.1, 0.15) is 40.4 Å². The number of ketones is 1. The van der Waals surface area contributed by atoms with Crippen molar-refractivity contribution in [3.8, 4) is 11.4 Å². The van der Waals surface area contributed by atoms with Gasteiger partial charge >= 0.3 is 0 Å². The minimum atomic E-state index is -0.926. The number of Topliss-reactive ketones (excluding diaryl/α,β-unsaturated/α-hetero) is 1. The van der Waals surface area contributed by atoms with Gasteiger partial charge in [-0.1, -0.05) is 11.6 Å². The van der Waals surface area contributed by atoms with E-state index in [4.69, 9.17) is 16.3 Å². The highest BCUT2D eigenvalue weighted by Gasteiger charge is 2.20. The third kappa shape index (κ3) is 4.11. The standard InChI is InChI=1S/C20H17BClF2N3O3/c1-9-7-25-14(11(3)28)6-15(9)27-10(2)4-16(17(22)20(27)29)30-19(21)18-13(24)5-12(23)8-26-18/h4-8,19H,21H2,1-3H3. The summed E-state index contributed by atoms with van der Waals surface area (Å²) in [5.74, 6) is -1.88. The highest BCUT2D eigenvalue weighted by atomic mass is 35.5. The number of hydrogen-bond acceptors (Lipinski definition) is 5. The Kier molecular flexibility index (Phi) is 6.03. The second kappa shape index (κ2) is 8.35. The van der Waals surface area contributed by atoms with E-state index in [1.165, 1.54) is 37.7 Å². The van der Waals surface area contributed by atoms with Crippen molar-refractivity contribution in [1.29, 1.82) is 0 Å². The summed E-state index contributed by atoms with van der Waals surface area (Å²) in [5.41, 5.74) is 1.12. The maximum atomic E-state index is 14.0. The smallest absolute Gasteiger partial charge is 0.277 e. The van der Waals surface area contributed by atoms with Crippen LogP contribution >= 0.6 is 11.6 Å². The highest BCUT2D eigenvalue weighted by molar-refractivity contribution is 6.31. The van der Waals surface area contributed by atoms with Crippen molar-refractivity contribution in [2.75, 3.05) is 0 Å². The van der Waals surface area contributed by atoms with Crippen LogP contribution in [0, 0.1) is 25.5 Å². The number of hydrogen-bond donors (Lipinski definition) is 0. The predicted molar refractivity (Wildman–Crippen MR) is 110 cm³/mol. The minimum Gasteiger partial charge on any atom is -0.492 e. The van der Waals surface area contributed by atoms with E-state index in [0.717, 1.165) is 6.20 Å². The van der Waals surface area contributed by atoms with Gasteiger partial charge in [0.2, 0.25) is 0 Å². The van der Waals surface area contributed by atoms with Crippen LogP contribution < -0.4 is 10.3 Å². The van der Waals surface area contributed by atoms with Crippen LogP contribution in [0.4, 0.5) is 8.78 Å². The number of nitrogens with zero attached hydrogens (tertiary/aromatic N) is 3. The fraction of sp³-hybridized carbons (Fsp3) is 0.200. The van der Waals surface area contributed by atoms with Crippen LogP contribution in [0.15, 0.2) is 35.4 Å². The summed E-state index contributed by atoms with van der Waals surface area (Å²) in [6.07, 6.45) is 2.38. The maximum Gasteiger partial charge on any atom is 0.277 e. The lowest BCUT2D eigenvalue weighted by molar-refractivity contribution is 0.101. The van der Waals surface area contributed by atoms with Gasteiger partial charge in [0.1, 0.15) is 34.0 Å². The van der Waals surface area contributed by atoms with Crippen LogP contribution in [0.2, 0.25) is 5.02 Å². The monoisotopic (exact) mass is 431 g/mol. The van der Waals surface area contributed by atoms with Gasteiger partial charge in [0.15, 0.2) is 19.4 Å². The maximum absolute atomic E-state index is 14.0. The van der Waals surface area contributed by atoms with Crippen LogP contribution in [-0.4, -0.2) is 28.2 Å². The Balaban J connectivity index is 2.05. The molecule has 0 fully saturated rings. The Morgan fingerprint density at radius 1 is 1.20 bits per heavy atom. The first-order chi connectivity index (χ1) is 14.1. The first-order valence-electron chi connectivity index (χ1n) is 8.97. The van der Waals surface area contributed by atoms with Gasteiger partial charge in [0.25, 0.3) is 5.56 Å². The van der Waals surface area contributed by atoms with Crippen molar-refractivity contribution in [3.63, 3.8) is 0 Å². The first-order valence-corrected chi connectivity index (χ1v) is 9.35. The lowest BCUT2D eigenvalue weighted by Crippen LogP contribution is -2.24. The van der Waals surface area contributed by atoms with Crippen molar-refractivity contribution in [2.24, 2.45) is 0 Å². The Bertz CT molecular complexity index is 1220. The molecule has 0 aliphatic rings. The zero-order chi connectivity index (χ0) is 22.2. The van der Waals surface area contributed by atoms with Crippen LogP contribution in [0.5, 0.6) is 5.75 Å². The summed E-state index contributed by atoms with van der Waals surface area (Å²) < 4.78 is 34.1. The lowest BCUT2D eigenvalue weighted by Gasteiger charge is -2.19. The Labute approximate surface area is 176 Å². The topological polar surface area (TPSA) is 74.1 Å². The molecule has 3 heterocycles. The molecule has 0 aliphatic heterocycles. The molecule has 0 saturated heterocycles. The van der Waals surface area contributed by atoms with Crippen molar-refractivity contribution < 1.29 is 18.3 Å². The minimum absolute atomic E-state index is 0.0342. The average molecular weight is 432 g/mol. The van der Waals surface area contributed by atoms with Gasteiger partial charge in [-0.25, -0.2) is 8.78 Å². The van der Waals surface area contributed by atoms with Crippen LogP contribution in [-0.2, 0) is 0 Å². The Morgan fingerprint density at radius 3 is 2.53 bits per heavy atom. The molecular formula is C20H17BClF2N3O3. The molecular weight excluding hydrogens is 414 g/mol. The molecule has 3 rings (SSSR count). The van der Waals surface area contributed by atoms with Crippen LogP contribution in [0.25, 0.3) is 5.69 Å². The molecule has 0 saturated carbocycles.